The summed E-state index contributed by atoms with van der Waals surface area (Å²) in [7, 11) is 1.67. The Bertz CT molecular complexity index is 1050. The van der Waals surface area contributed by atoms with Crippen molar-refractivity contribution in [3.05, 3.63) is 65.3 Å². The number of methoxy groups -OCH3 is 1. The molecule has 0 unspecified atom stereocenters. The van der Waals surface area contributed by atoms with Gasteiger partial charge in [0, 0.05) is 17.3 Å². The van der Waals surface area contributed by atoms with Crippen molar-refractivity contribution in [2.75, 3.05) is 25.5 Å². The molecular weight excluding hydrogens is 369 g/mol. The van der Waals surface area contributed by atoms with Crippen molar-refractivity contribution in [2.24, 2.45) is 0 Å². The molecule has 1 aliphatic heterocycles. The maximum absolute atomic E-state index is 13.8. The van der Waals surface area contributed by atoms with E-state index < -0.39 is 5.82 Å². The Morgan fingerprint density at radius 2 is 2.00 bits per heavy atom. The maximum atomic E-state index is 13.8. The molecule has 3 aromatic rings. The van der Waals surface area contributed by atoms with E-state index in [4.69, 9.17) is 11.3 Å². The molecule has 1 aromatic heterocycles. The van der Waals surface area contributed by atoms with Gasteiger partial charge < -0.3 is 15.4 Å². The molecule has 2 heterocycles. The zero-order valence-electron chi connectivity index (χ0n) is 16.1. The molecule has 0 saturated carbocycles. The van der Waals surface area contributed by atoms with Crippen LogP contribution in [-0.2, 0) is 0 Å². The summed E-state index contributed by atoms with van der Waals surface area (Å²) >= 11 is 0. The number of halogens is 1. The van der Waals surface area contributed by atoms with Crippen LogP contribution in [0, 0.1) is 12.4 Å². The molecule has 7 heteroatoms. The lowest BCUT2D eigenvalue weighted by molar-refractivity contribution is 0.412. The number of rotatable bonds is 5. The summed E-state index contributed by atoms with van der Waals surface area (Å²) in [6, 6.07) is 12.6. The highest BCUT2D eigenvalue weighted by molar-refractivity contribution is 5.72. The van der Waals surface area contributed by atoms with Crippen LogP contribution in [0.1, 0.15) is 24.3 Å². The van der Waals surface area contributed by atoms with Gasteiger partial charge >= 0.3 is 0 Å². The Morgan fingerprint density at radius 1 is 1.17 bits per heavy atom. The van der Waals surface area contributed by atoms with E-state index in [0.29, 0.717) is 17.4 Å². The number of hydrogen-bond donors (Lipinski definition) is 3. The molecule has 4 rings (SSSR count). The SMILES string of the molecule is [C-]#[N+]c1ccc(Nc2cc(-c3ccc(C4CCNCC4)cc3OC)[nH]n2)cc1F. The van der Waals surface area contributed by atoms with E-state index in [2.05, 4.69) is 43.9 Å². The van der Waals surface area contributed by atoms with Crippen molar-refractivity contribution in [3.63, 3.8) is 0 Å². The number of anilines is 2. The lowest BCUT2D eigenvalue weighted by Crippen LogP contribution is -2.26. The van der Waals surface area contributed by atoms with Crippen LogP contribution >= 0.6 is 0 Å². The predicted molar refractivity (Wildman–Crippen MR) is 111 cm³/mol. The van der Waals surface area contributed by atoms with E-state index in [-0.39, 0.29) is 5.69 Å². The first-order chi connectivity index (χ1) is 14.2. The summed E-state index contributed by atoms with van der Waals surface area (Å²) in [6.07, 6.45) is 2.26. The minimum absolute atomic E-state index is 0.00293. The van der Waals surface area contributed by atoms with Gasteiger partial charge in [0.15, 0.2) is 5.82 Å². The Kier molecular flexibility index (Phi) is 5.45. The molecule has 0 aliphatic carbocycles. The third kappa shape index (κ3) is 4.08. The van der Waals surface area contributed by atoms with E-state index in [9.17, 15) is 4.39 Å². The van der Waals surface area contributed by atoms with Gasteiger partial charge in [0.1, 0.15) is 11.6 Å². The first-order valence-electron chi connectivity index (χ1n) is 9.56. The lowest BCUT2D eigenvalue weighted by Gasteiger charge is -2.23. The second-order valence-electron chi connectivity index (χ2n) is 7.05. The molecule has 2 aromatic carbocycles. The first kappa shape index (κ1) is 19.0. The van der Waals surface area contributed by atoms with Crippen LogP contribution in [0.5, 0.6) is 5.75 Å². The molecule has 148 valence electrons. The quantitative estimate of drug-likeness (QED) is 0.536. The highest BCUT2D eigenvalue weighted by atomic mass is 19.1. The normalized spacial score (nSPS) is 14.4. The Hall–Kier alpha value is -3.37. The zero-order valence-corrected chi connectivity index (χ0v) is 16.1. The molecule has 0 atom stereocenters. The Balaban J connectivity index is 1.55. The number of aromatic nitrogens is 2. The van der Waals surface area contributed by atoms with Crippen LogP contribution in [0.25, 0.3) is 16.1 Å². The summed E-state index contributed by atoms with van der Waals surface area (Å²) in [5.41, 5.74) is 3.54. The van der Waals surface area contributed by atoms with E-state index in [1.165, 1.54) is 17.7 Å². The van der Waals surface area contributed by atoms with Crippen molar-refractivity contribution < 1.29 is 9.13 Å². The van der Waals surface area contributed by atoms with E-state index in [1.54, 1.807) is 13.2 Å². The topological polar surface area (TPSA) is 66.3 Å². The molecule has 1 saturated heterocycles. The van der Waals surface area contributed by atoms with Gasteiger partial charge in [-0.05, 0) is 61.7 Å². The van der Waals surface area contributed by atoms with Crippen molar-refractivity contribution in [1.82, 2.24) is 15.5 Å². The van der Waals surface area contributed by atoms with E-state index >= 15 is 0 Å². The summed E-state index contributed by atoms with van der Waals surface area (Å²) in [5, 5.41) is 13.7. The van der Waals surface area contributed by atoms with Crippen molar-refractivity contribution >= 4 is 17.2 Å². The van der Waals surface area contributed by atoms with Gasteiger partial charge in [-0.15, -0.1) is 0 Å². The summed E-state index contributed by atoms with van der Waals surface area (Å²) in [5.74, 6) is 1.34. The minimum atomic E-state index is -0.559. The maximum Gasteiger partial charge on any atom is 0.222 e. The largest absolute Gasteiger partial charge is 0.496 e. The molecule has 1 fully saturated rings. The molecule has 29 heavy (non-hydrogen) atoms. The number of hydrogen-bond acceptors (Lipinski definition) is 4. The molecule has 1 aliphatic rings. The second kappa shape index (κ2) is 8.33. The van der Waals surface area contributed by atoms with Crippen LogP contribution in [0.15, 0.2) is 42.5 Å². The molecule has 0 amide bonds. The third-order valence-electron chi connectivity index (χ3n) is 5.24. The van der Waals surface area contributed by atoms with Crippen LogP contribution in [0.3, 0.4) is 0 Å². The fourth-order valence-electron chi connectivity index (χ4n) is 3.69. The van der Waals surface area contributed by atoms with Gasteiger partial charge in [-0.25, -0.2) is 9.24 Å². The molecule has 0 spiro atoms. The second-order valence-corrected chi connectivity index (χ2v) is 7.05. The average molecular weight is 391 g/mol. The number of piperidine rings is 1. The summed E-state index contributed by atoms with van der Waals surface area (Å²) in [4.78, 5) is 3.13. The smallest absolute Gasteiger partial charge is 0.222 e. The number of nitrogens with one attached hydrogen (secondary N) is 3. The minimum Gasteiger partial charge on any atom is -0.496 e. The van der Waals surface area contributed by atoms with Crippen LogP contribution in [0.2, 0.25) is 0 Å². The highest BCUT2D eigenvalue weighted by Crippen LogP contribution is 2.35. The standard InChI is InChI=1S/C22H22FN5O/c1-24-19-6-4-16(12-18(19)23)26-22-13-20(27-28-22)17-5-3-15(11-21(17)29-2)14-7-9-25-10-8-14/h3-6,11-14,25H,7-10H2,2H3,(H2,26,27,28). The molecule has 6 nitrogen and oxygen atoms in total. The number of benzene rings is 2. The van der Waals surface area contributed by atoms with Gasteiger partial charge in [0.2, 0.25) is 5.69 Å². The zero-order chi connectivity index (χ0) is 20.2. The summed E-state index contributed by atoms with van der Waals surface area (Å²) < 4.78 is 19.4. The Labute approximate surface area is 168 Å². The van der Waals surface area contributed by atoms with Gasteiger partial charge in [0.05, 0.1) is 19.4 Å². The van der Waals surface area contributed by atoms with Crippen LogP contribution in [0.4, 0.5) is 21.6 Å². The number of aromatic amines is 1. The van der Waals surface area contributed by atoms with E-state index in [1.807, 2.05) is 6.07 Å². The third-order valence-corrected chi connectivity index (χ3v) is 5.24. The molecule has 0 bridgehead atoms. The highest BCUT2D eigenvalue weighted by Gasteiger charge is 2.18. The fourth-order valence-corrected chi connectivity index (χ4v) is 3.69. The van der Waals surface area contributed by atoms with Gasteiger partial charge in [-0.3, -0.25) is 5.10 Å². The van der Waals surface area contributed by atoms with Crippen molar-refractivity contribution in [2.45, 2.75) is 18.8 Å². The Morgan fingerprint density at radius 3 is 2.72 bits per heavy atom. The summed E-state index contributed by atoms with van der Waals surface area (Å²) in [6.45, 7) is 9.01. The van der Waals surface area contributed by atoms with Gasteiger partial charge in [-0.2, -0.15) is 5.10 Å². The predicted octanol–water partition coefficient (Wildman–Crippen LogP) is 4.99. The number of nitrogens with zero attached hydrogens (tertiary/aromatic N) is 2. The number of ether oxygens (including phenoxy) is 1. The molecule has 0 radical (unpaired) electrons. The fraction of sp³-hybridized carbons (Fsp3) is 0.273. The average Bonchev–Trinajstić information content (AvgIpc) is 3.22. The lowest BCUT2D eigenvalue weighted by atomic mass is 9.89. The molecular formula is C22H22FN5O. The number of H-pyrrole nitrogens is 1. The first-order valence-corrected chi connectivity index (χ1v) is 9.56. The monoisotopic (exact) mass is 391 g/mol. The van der Waals surface area contributed by atoms with Crippen LogP contribution in [-0.4, -0.2) is 30.4 Å². The van der Waals surface area contributed by atoms with Gasteiger partial charge in [0.25, 0.3) is 0 Å². The van der Waals surface area contributed by atoms with Crippen molar-refractivity contribution in [3.8, 4) is 17.0 Å². The van der Waals surface area contributed by atoms with Gasteiger partial charge in [-0.1, -0.05) is 12.1 Å². The van der Waals surface area contributed by atoms with E-state index in [0.717, 1.165) is 42.9 Å². The molecule has 3 N–H and O–H groups in total. The van der Waals surface area contributed by atoms with Crippen LogP contribution < -0.4 is 15.4 Å². The van der Waals surface area contributed by atoms with Crippen molar-refractivity contribution in [1.29, 1.82) is 0 Å².